The summed E-state index contributed by atoms with van der Waals surface area (Å²) in [4.78, 5) is 14.2. The van der Waals surface area contributed by atoms with Crippen LogP contribution in [0.2, 0.25) is 0 Å². The molecule has 7 nitrogen and oxygen atoms in total. The number of aryl methyl sites for hydroxylation is 2. The molecular weight excluding hydrogens is 246 g/mol. The summed E-state index contributed by atoms with van der Waals surface area (Å²) in [7, 11) is 1.76. The van der Waals surface area contributed by atoms with Crippen LogP contribution < -0.4 is 5.73 Å². The van der Waals surface area contributed by atoms with Crippen LogP contribution in [0.15, 0.2) is 11.2 Å². The van der Waals surface area contributed by atoms with Crippen molar-refractivity contribution in [2.75, 3.05) is 13.1 Å². The molecule has 0 aromatic carbocycles. The van der Waals surface area contributed by atoms with E-state index in [1.165, 1.54) is 0 Å². The van der Waals surface area contributed by atoms with E-state index >= 15 is 0 Å². The summed E-state index contributed by atoms with van der Waals surface area (Å²) in [5.41, 5.74) is 7.01. The summed E-state index contributed by atoms with van der Waals surface area (Å²) in [6.45, 7) is 3.03. The summed E-state index contributed by atoms with van der Waals surface area (Å²) in [5, 5.41) is 15.9. The number of amides is 1. The lowest BCUT2D eigenvalue weighted by Gasteiger charge is -2.31. The molecule has 1 fully saturated rings. The molecule has 0 spiro atoms. The average Bonchev–Trinajstić information content (AvgIpc) is 2.76. The fraction of sp³-hybridized carbons (Fsp3) is 0.583. The smallest absolute Gasteiger partial charge is 0.272 e. The second-order valence-electron chi connectivity index (χ2n) is 4.91. The van der Waals surface area contributed by atoms with Gasteiger partial charge in [0.1, 0.15) is 11.5 Å². The molecule has 19 heavy (non-hydrogen) atoms. The number of nitrogens with two attached hydrogens (primary N) is 1. The summed E-state index contributed by atoms with van der Waals surface area (Å²) in [5.74, 6) is 0.0641. The molecule has 2 heterocycles. The number of nitrogens with zero attached hydrogens (tertiary/aromatic N) is 4. The Hall–Kier alpha value is -2.05. The zero-order valence-corrected chi connectivity index (χ0v) is 11.2. The molecule has 7 heteroatoms. The van der Waals surface area contributed by atoms with E-state index in [1.54, 1.807) is 22.7 Å². The Balaban J connectivity index is 2.13. The number of oxime groups is 1. The molecule has 0 saturated carbocycles. The van der Waals surface area contributed by atoms with Gasteiger partial charge >= 0.3 is 0 Å². The quantitative estimate of drug-likeness (QED) is 0.348. The van der Waals surface area contributed by atoms with Crippen molar-refractivity contribution < 1.29 is 10.0 Å². The van der Waals surface area contributed by atoms with Crippen molar-refractivity contribution in [1.29, 1.82) is 0 Å². The van der Waals surface area contributed by atoms with Gasteiger partial charge in [0.05, 0.1) is 5.69 Å². The van der Waals surface area contributed by atoms with E-state index in [1.807, 2.05) is 6.92 Å². The molecule has 0 radical (unpaired) electrons. The Kier molecular flexibility index (Phi) is 3.73. The van der Waals surface area contributed by atoms with Gasteiger partial charge in [-0.15, -0.1) is 0 Å². The fourth-order valence-electron chi connectivity index (χ4n) is 2.46. The molecule has 1 aromatic heterocycles. The Morgan fingerprint density at radius 1 is 1.63 bits per heavy atom. The average molecular weight is 265 g/mol. The first kappa shape index (κ1) is 13.4. The van der Waals surface area contributed by atoms with Crippen LogP contribution in [0.25, 0.3) is 0 Å². The Morgan fingerprint density at radius 2 is 2.37 bits per heavy atom. The molecule has 0 bridgehead atoms. The number of carbonyl (C=O) groups is 1. The van der Waals surface area contributed by atoms with Crippen molar-refractivity contribution >= 4 is 11.7 Å². The summed E-state index contributed by atoms with van der Waals surface area (Å²) in [6, 6.07) is 1.77. The predicted molar refractivity (Wildman–Crippen MR) is 70.0 cm³/mol. The highest BCUT2D eigenvalue weighted by atomic mass is 16.4. The van der Waals surface area contributed by atoms with Crippen molar-refractivity contribution in [2.24, 2.45) is 23.9 Å². The summed E-state index contributed by atoms with van der Waals surface area (Å²) < 4.78 is 1.59. The minimum absolute atomic E-state index is 0.0569. The number of aromatic nitrogens is 2. The molecule has 1 aliphatic rings. The Morgan fingerprint density at radius 3 is 2.95 bits per heavy atom. The maximum absolute atomic E-state index is 12.4. The highest BCUT2D eigenvalue weighted by Crippen LogP contribution is 2.19. The summed E-state index contributed by atoms with van der Waals surface area (Å²) >= 11 is 0. The first-order valence-electron chi connectivity index (χ1n) is 6.30. The third-order valence-electron chi connectivity index (χ3n) is 3.46. The summed E-state index contributed by atoms with van der Waals surface area (Å²) in [6.07, 6.45) is 1.69. The van der Waals surface area contributed by atoms with Gasteiger partial charge in [-0.1, -0.05) is 5.16 Å². The SMILES string of the molecule is Cc1cc(C(=O)N2CCCC(C(N)=NO)C2)n(C)n1. The van der Waals surface area contributed by atoms with E-state index in [0.29, 0.717) is 18.8 Å². The van der Waals surface area contributed by atoms with Crippen LogP contribution >= 0.6 is 0 Å². The molecule has 1 aliphatic heterocycles. The lowest BCUT2D eigenvalue weighted by molar-refractivity contribution is 0.0690. The molecule has 1 atom stereocenters. The van der Waals surface area contributed by atoms with Crippen LogP contribution in [0.5, 0.6) is 0 Å². The molecule has 1 amide bonds. The highest BCUT2D eigenvalue weighted by molar-refractivity contribution is 5.93. The molecule has 3 N–H and O–H groups in total. The van der Waals surface area contributed by atoms with E-state index in [-0.39, 0.29) is 17.7 Å². The maximum Gasteiger partial charge on any atom is 0.272 e. The number of likely N-dealkylation sites (tertiary alicyclic amines) is 1. The normalized spacial score (nSPS) is 20.6. The number of piperidine rings is 1. The van der Waals surface area contributed by atoms with Crippen LogP contribution in [-0.2, 0) is 7.05 Å². The highest BCUT2D eigenvalue weighted by Gasteiger charge is 2.28. The van der Waals surface area contributed by atoms with Crippen molar-refractivity contribution in [3.8, 4) is 0 Å². The molecule has 104 valence electrons. The first-order valence-corrected chi connectivity index (χ1v) is 6.30. The molecule has 0 aliphatic carbocycles. The minimum Gasteiger partial charge on any atom is -0.409 e. The van der Waals surface area contributed by atoms with Crippen LogP contribution in [-0.4, -0.2) is 44.7 Å². The van der Waals surface area contributed by atoms with Gasteiger partial charge in [-0.3, -0.25) is 9.48 Å². The van der Waals surface area contributed by atoms with Gasteiger partial charge in [0.25, 0.3) is 5.91 Å². The van der Waals surface area contributed by atoms with Gasteiger partial charge in [0.15, 0.2) is 0 Å². The number of carbonyl (C=O) groups excluding carboxylic acids is 1. The van der Waals surface area contributed by atoms with Crippen molar-refractivity contribution in [2.45, 2.75) is 19.8 Å². The van der Waals surface area contributed by atoms with E-state index in [9.17, 15) is 4.79 Å². The minimum atomic E-state index is -0.0722. The lowest BCUT2D eigenvalue weighted by atomic mass is 9.97. The van der Waals surface area contributed by atoms with E-state index in [0.717, 1.165) is 18.5 Å². The number of hydrogen-bond acceptors (Lipinski definition) is 4. The lowest BCUT2D eigenvalue weighted by Crippen LogP contribution is -2.44. The zero-order chi connectivity index (χ0) is 14.0. The molecule has 1 aromatic rings. The number of rotatable bonds is 2. The van der Waals surface area contributed by atoms with Crippen LogP contribution in [0, 0.1) is 12.8 Å². The Bertz CT molecular complexity index is 508. The third kappa shape index (κ3) is 2.69. The van der Waals surface area contributed by atoms with E-state index in [2.05, 4.69) is 10.3 Å². The van der Waals surface area contributed by atoms with Crippen LogP contribution in [0.4, 0.5) is 0 Å². The second-order valence-corrected chi connectivity index (χ2v) is 4.91. The van der Waals surface area contributed by atoms with Gasteiger partial charge < -0.3 is 15.8 Å². The molecule has 1 saturated heterocycles. The van der Waals surface area contributed by atoms with Crippen LogP contribution in [0.3, 0.4) is 0 Å². The van der Waals surface area contributed by atoms with Gasteiger partial charge in [-0.25, -0.2) is 0 Å². The Labute approximate surface area is 111 Å². The van der Waals surface area contributed by atoms with E-state index in [4.69, 9.17) is 10.9 Å². The molecule has 1 unspecified atom stereocenters. The number of amidine groups is 1. The standard InChI is InChI=1S/C12H19N5O2/c1-8-6-10(16(2)14-8)12(18)17-5-3-4-9(7-17)11(13)15-19/h6,9,19H,3-5,7H2,1-2H3,(H2,13,15). The van der Waals surface area contributed by atoms with Gasteiger partial charge in [-0.05, 0) is 25.8 Å². The third-order valence-corrected chi connectivity index (χ3v) is 3.46. The van der Waals surface area contributed by atoms with Gasteiger partial charge in [0.2, 0.25) is 0 Å². The monoisotopic (exact) mass is 265 g/mol. The van der Waals surface area contributed by atoms with Gasteiger partial charge in [-0.2, -0.15) is 5.10 Å². The second kappa shape index (κ2) is 5.29. The van der Waals surface area contributed by atoms with Crippen molar-refractivity contribution in [1.82, 2.24) is 14.7 Å². The predicted octanol–water partition coefficient (Wildman–Crippen LogP) is 0.327. The van der Waals surface area contributed by atoms with Crippen LogP contribution in [0.1, 0.15) is 29.0 Å². The molecular formula is C12H19N5O2. The van der Waals surface area contributed by atoms with Crippen molar-refractivity contribution in [3.63, 3.8) is 0 Å². The first-order chi connectivity index (χ1) is 9.02. The van der Waals surface area contributed by atoms with Crippen molar-refractivity contribution in [3.05, 3.63) is 17.5 Å². The van der Waals surface area contributed by atoms with Gasteiger partial charge in [0, 0.05) is 26.1 Å². The maximum atomic E-state index is 12.4. The molecule has 2 rings (SSSR count). The largest absolute Gasteiger partial charge is 0.409 e. The fourth-order valence-corrected chi connectivity index (χ4v) is 2.46. The van der Waals surface area contributed by atoms with E-state index < -0.39 is 0 Å². The zero-order valence-electron chi connectivity index (χ0n) is 11.2. The number of hydrogen-bond donors (Lipinski definition) is 2. The topological polar surface area (TPSA) is 96.7 Å².